The Morgan fingerprint density at radius 2 is 1.77 bits per heavy atom. The first-order chi connectivity index (χ1) is 10.7. The van der Waals surface area contributed by atoms with Gasteiger partial charge in [-0.25, -0.2) is 0 Å². The van der Waals surface area contributed by atoms with Crippen LogP contribution in [0.3, 0.4) is 0 Å². The van der Waals surface area contributed by atoms with Crippen LogP contribution in [0.1, 0.15) is 0 Å². The van der Waals surface area contributed by atoms with Crippen molar-refractivity contribution in [3.8, 4) is 5.75 Å². The molecular weight excluding hydrogens is 282 g/mol. The van der Waals surface area contributed by atoms with Gasteiger partial charge in [0.25, 0.3) is 0 Å². The average Bonchev–Trinajstić information content (AvgIpc) is 2.56. The Bertz CT molecular complexity index is 653. The zero-order valence-corrected chi connectivity index (χ0v) is 12.2. The normalized spacial score (nSPS) is 10.2. The molecule has 0 heterocycles. The fourth-order valence-corrected chi connectivity index (χ4v) is 1.99. The maximum absolute atomic E-state index is 11.5. The summed E-state index contributed by atoms with van der Waals surface area (Å²) in [5, 5.41) is 7.20. The van der Waals surface area contributed by atoms with Crippen molar-refractivity contribution < 1.29 is 14.3 Å². The molecule has 0 spiro atoms. The SMILES string of the molecule is NCC(=O)NCC(=O)NCCOc1cccc2ccccc12. The summed E-state index contributed by atoms with van der Waals surface area (Å²) in [5.74, 6) is 0.147. The number of ether oxygens (including phenoxy) is 1. The molecule has 0 radical (unpaired) electrons. The molecule has 0 fully saturated rings. The van der Waals surface area contributed by atoms with Crippen LogP contribution in [-0.4, -0.2) is 38.1 Å². The lowest BCUT2D eigenvalue weighted by molar-refractivity contribution is -0.125. The molecule has 6 nitrogen and oxygen atoms in total. The molecule has 0 bridgehead atoms. The summed E-state index contributed by atoms with van der Waals surface area (Å²) in [6.07, 6.45) is 0. The van der Waals surface area contributed by atoms with Gasteiger partial charge < -0.3 is 21.1 Å². The van der Waals surface area contributed by atoms with Crippen LogP contribution in [0.4, 0.5) is 0 Å². The van der Waals surface area contributed by atoms with Crippen molar-refractivity contribution in [1.82, 2.24) is 10.6 Å². The Morgan fingerprint density at radius 1 is 1.00 bits per heavy atom. The first-order valence-electron chi connectivity index (χ1n) is 7.04. The summed E-state index contributed by atoms with van der Waals surface area (Å²) in [6, 6.07) is 13.8. The van der Waals surface area contributed by atoms with Crippen LogP contribution in [0.25, 0.3) is 10.8 Å². The highest BCUT2D eigenvalue weighted by atomic mass is 16.5. The highest BCUT2D eigenvalue weighted by molar-refractivity contribution is 5.88. The van der Waals surface area contributed by atoms with Crippen LogP contribution in [0.15, 0.2) is 42.5 Å². The summed E-state index contributed by atoms with van der Waals surface area (Å²) >= 11 is 0. The molecule has 0 aromatic heterocycles. The lowest BCUT2D eigenvalue weighted by atomic mass is 10.1. The second-order valence-electron chi connectivity index (χ2n) is 4.66. The number of hydrogen-bond acceptors (Lipinski definition) is 4. The van der Waals surface area contributed by atoms with E-state index in [1.807, 2.05) is 42.5 Å². The predicted molar refractivity (Wildman–Crippen MR) is 84.5 cm³/mol. The van der Waals surface area contributed by atoms with E-state index in [2.05, 4.69) is 10.6 Å². The number of nitrogens with one attached hydrogen (secondary N) is 2. The Labute approximate surface area is 128 Å². The summed E-state index contributed by atoms with van der Waals surface area (Å²) in [5.41, 5.74) is 5.13. The third kappa shape index (κ3) is 4.46. The number of carbonyl (C=O) groups excluding carboxylic acids is 2. The zero-order valence-electron chi connectivity index (χ0n) is 12.2. The molecule has 2 aromatic rings. The Hall–Kier alpha value is -2.60. The van der Waals surface area contributed by atoms with Gasteiger partial charge in [0.2, 0.25) is 11.8 Å². The first-order valence-corrected chi connectivity index (χ1v) is 7.04. The van der Waals surface area contributed by atoms with Crippen molar-refractivity contribution in [2.45, 2.75) is 0 Å². The smallest absolute Gasteiger partial charge is 0.239 e. The molecule has 116 valence electrons. The molecular formula is C16H19N3O3. The summed E-state index contributed by atoms with van der Waals surface area (Å²) in [6.45, 7) is 0.507. The largest absolute Gasteiger partial charge is 0.491 e. The fraction of sp³-hybridized carbons (Fsp3) is 0.250. The second kappa shape index (κ2) is 7.99. The average molecular weight is 301 g/mol. The summed E-state index contributed by atoms with van der Waals surface area (Å²) in [4.78, 5) is 22.4. The Morgan fingerprint density at radius 3 is 2.59 bits per heavy atom. The van der Waals surface area contributed by atoms with Crippen LogP contribution in [-0.2, 0) is 9.59 Å². The number of benzene rings is 2. The van der Waals surface area contributed by atoms with E-state index in [4.69, 9.17) is 10.5 Å². The Kier molecular flexibility index (Phi) is 5.73. The van der Waals surface area contributed by atoms with Crippen molar-refractivity contribution in [3.63, 3.8) is 0 Å². The van der Waals surface area contributed by atoms with Gasteiger partial charge in [-0.2, -0.15) is 0 Å². The number of amides is 2. The van der Waals surface area contributed by atoms with E-state index in [0.29, 0.717) is 13.2 Å². The van der Waals surface area contributed by atoms with E-state index < -0.39 is 0 Å². The molecule has 0 unspecified atom stereocenters. The van der Waals surface area contributed by atoms with Gasteiger partial charge in [0.05, 0.1) is 19.6 Å². The van der Waals surface area contributed by atoms with Gasteiger partial charge in [-0.3, -0.25) is 9.59 Å². The number of fused-ring (bicyclic) bond motifs is 1. The van der Waals surface area contributed by atoms with Crippen molar-refractivity contribution in [2.75, 3.05) is 26.2 Å². The third-order valence-corrected chi connectivity index (χ3v) is 3.06. The summed E-state index contributed by atoms with van der Waals surface area (Å²) < 4.78 is 5.69. The minimum absolute atomic E-state index is 0.0791. The van der Waals surface area contributed by atoms with Crippen molar-refractivity contribution in [1.29, 1.82) is 0 Å². The minimum atomic E-state index is -0.359. The van der Waals surface area contributed by atoms with E-state index >= 15 is 0 Å². The number of carbonyl (C=O) groups is 2. The monoisotopic (exact) mass is 301 g/mol. The lowest BCUT2D eigenvalue weighted by Crippen LogP contribution is -2.40. The molecule has 4 N–H and O–H groups in total. The van der Waals surface area contributed by atoms with E-state index in [0.717, 1.165) is 16.5 Å². The molecule has 0 aliphatic heterocycles. The van der Waals surface area contributed by atoms with Gasteiger partial charge >= 0.3 is 0 Å². The van der Waals surface area contributed by atoms with Gasteiger partial charge in [0, 0.05) is 5.39 Å². The van der Waals surface area contributed by atoms with E-state index in [1.165, 1.54) is 0 Å². The molecule has 0 aliphatic carbocycles. The lowest BCUT2D eigenvalue weighted by Gasteiger charge is -2.10. The first kappa shape index (κ1) is 15.8. The molecule has 0 saturated heterocycles. The van der Waals surface area contributed by atoms with Crippen LogP contribution >= 0.6 is 0 Å². The van der Waals surface area contributed by atoms with Crippen molar-refractivity contribution in [2.24, 2.45) is 5.73 Å². The van der Waals surface area contributed by atoms with Gasteiger partial charge in [0.15, 0.2) is 0 Å². The minimum Gasteiger partial charge on any atom is -0.491 e. The number of hydrogen-bond donors (Lipinski definition) is 3. The molecule has 2 aromatic carbocycles. The molecule has 0 aliphatic rings. The van der Waals surface area contributed by atoms with Crippen molar-refractivity contribution in [3.05, 3.63) is 42.5 Å². The van der Waals surface area contributed by atoms with Gasteiger partial charge in [-0.1, -0.05) is 36.4 Å². The van der Waals surface area contributed by atoms with E-state index in [-0.39, 0.29) is 24.9 Å². The molecule has 2 rings (SSSR count). The maximum atomic E-state index is 11.5. The van der Waals surface area contributed by atoms with Gasteiger partial charge in [-0.15, -0.1) is 0 Å². The summed E-state index contributed by atoms with van der Waals surface area (Å²) in [7, 11) is 0. The predicted octanol–water partition coefficient (Wildman–Crippen LogP) is 0.410. The Balaban J connectivity index is 1.76. The molecule has 0 saturated carbocycles. The van der Waals surface area contributed by atoms with Crippen LogP contribution in [0.5, 0.6) is 5.75 Å². The van der Waals surface area contributed by atoms with E-state index in [1.54, 1.807) is 0 Å². The highest BCUT2D eigenvalue weighted by Crippen LogP contribution is 2.24. The number of nitrogens with two attached hydrogens (primary N) is 1. The van der Waals surface area contributed by atoms with E-state index in [9.17, 15) is 9.59 Å². The van der Waals surface area contributed by atoms with Crippen molar-refractivity contribution >= 4 is 22.6 Å². The highest BCUT2D eigenvalue weighted by Gasteiger charge is 2.04. The quantitative estimate of drug-likeness (QED) is 0.646. The standard InChI is InChI=1S/C16H19N3O3/c17-10-15(20)19-11-16(21)18-8-9-22-14-7-3-5-12-4-1-2-6-13(12)14/h1-7H,8-11,17H2,(H,18,21)(H,19,20). The van der Waals surface area contributed by atoms with Crippen LogP contribution < -0.4 is 21.1 Å². The molecule has 22 heavy (non-hydrogen) atoms. The maximum Gasteiger partial charge on any atom is 0.239 e. The van der Waals surface area contributed by atoms with Gasteiger partial charge in [-0.05, 0) is 11.5 Å². The van der Waals surface area contributed by atoms with Crippen LogP contribution in [0, 0.1) is 0 Å². The zero-order chi connectivity index (χ0) is 15.8. The molecule has 0 atom stereocenters. The molecule has 2 amide bonds. The third-order valence-electron chi connectivity index (χ3n) is 3.06. The fourth-order valence-electron chi connectivity index (χ4n) is 1.99. The molecule has 6 heteroatoms. The van der Waals surface area contributed by atoms with Crippen LogP contribution in [0.2, 0.25) is 0 Å². The number of rotatable bonds is 7. The van der Waals surface area contributed by atoms with Gasteiger partial charge in [0.1, 0.15) is 12.4 Å². The topological polar surface area (TPSA) is 93.5 Å². The second-order valence-corrected chi connectivity index (χ2v) is 4.66.